The van der Waals surface area contributed by atoms with Crippen molar-refractivity contribution in [3.63, 3.8) is 0 Å². The summed E-state index contributed by atoms with van der Waals surface area (Å²) in [4.78, 5) is 19.7. The maximum atomic E-state index is 9.83. The number of aryl methyl sites for hydroxylation is 4. The normalized spacial score (nSPS) is 11.3. The van der Waals surface area contributed by atoms with E-state index in [9.17, 15) is 9.79 Å². The molecule has 0 atom stereocenters. The van der Waals surface area contributed by atoms with Gasteiger partial charge in [0.1, 0.15) is 11.5 Å². The Morgan fingerprint density at radius 1 is 0.528 bits per heavy atom. The lowest BCUT2D eigenvalue weighted by Crippen LogP contribution is -2.16. The summed E-state index contributed by atoms with van der Waals surface area (Å²) in [5, 5.41) is 2.23. The zero-order valence-corrected chi connectivity index (χ0v) is 23.3. The lowest BCUT2D eigenvalue weighted by atomic mass is 9.88. The molecule has 2 N–H and O–H groups in total. The first-order chi connectivity index (χ1) is 17.2. The SMILES string of the molecule is Cc1cc(C)c(-c2c(C)cc(C)c(C)c2OP(c2ccccc2)c2ccccc2)c(OP(O)O)c1C. The monoisotopic (exact) mass is 518 g/mol. The lowest BCUT2D eigenvalue weighted by molar-refractivity contribution is 0.374. The molecule has 0 bridgehead atoms. The average molecular weight is 519 g/mol. The summed E-state index contributed by atoms with van der Waals surface area (Å²) >= 11 is 0. The fraction of sp³-hybridized carbons (Fsp3) is 0.200. The average Bonchev–Trinajstić information content (AvgIpc) is 2.85. The van der Waals surface area contributed by atoms with E-state index >= 15 is 0 Å². The zero-order valence-electron chi connectivity index (χ0n) is 21.5. The van der Waals surface area contributed by atoms with Crippen LogP contribution in [-0.2, 0) is 0 Å². The quantitative estimate of drug-likeness (QED) is 0.254. The van der Waals surface area contributed by atoms with Crippen LogP contribution >= 0.6 is 16.8 Å². The smallest absolute Gasteiger partial charge is 0.391 e. The van der Waals surface area contributed by atoms with E-state index in [-0.39, 0.29) is 0 Å². The minimum Gasteiger partial charge on any atom is -0.464 e. The predicted octanol–water partition coefficient (Wildman–Crippen LogP) is 7.22. The lowest BCUT2D eigenvalue weighted by Gasteiger charge is -2.27. The molecule has 0 aromatic heterocycles. The Morgan fingerprint density at radius 3 is 1.31 bits per heavy atom. The number of rotatable bonds is 7. The Bertz CT molecular complexity index is 1330. The van der Waals surface area contributed by atoms with Crippen molar-refractivity contribution < 1.29 is 18.8 Å². The second-order valence-corrected chi connectivity index (χ2v) is 11.6. The molecule has 0 saturated carbocycles. The number of benzene rings is 4. The Hall–Kier alpha value is -2.74. The molecule has 36 heavy (non-hydrogen) atoms. The van der Waals surface area contributed by atoms with Gasteiger partial charge in [-0.1, -0.05) is 72.8 Å². The van der Waals surface area contributed by atoms with Gasteiger partial charge in [0.05, 0.1) is 0 Å². The summed E-state index contributed by atoms with van der Waals surface area (Å²) in [6.07, 6.45) is 0. The van der Waals surface area contributed by atoms with Crippen molar-refractivity contribution in [2.45, 2.75) is 41.5 Å². The minimum atomic E-state index is -2.58. The van der Waals surface area contributed by atoms with Crippen LogP contribution < -0.4 is 19.7 Å². The topological polar surface area (TPSA) is 58.9 Å². The Kier molecular flexibility index (Phi) is 8.13. The Labute approximate surface area is 216 Å². The summed E-state index contributed by atoms with van der Waals surface area (Å²) in [7, 11) is -3.74. The van der Waals surface area contributed by atoms with Crippen LogP contribution in [0.4, 0.5) is 0 Å². The van der Waals surface area contributed by atoms with Gasteiger partial charge in [-0.2, -0.15) is 0 Å². The maximum Gasteiger partial charge on any atom is 0.391 e. The highest BCUT2D eigenvalue weighted by Gasteiger charge is 2.27. The van der Waals surface area contributed by atoms with E-state index in [1.54, 1.807) is 0 Å². The molecule has 0 aliphatic heterocycles. The van der Waals surface area contributed by atoms with Gasteiger partial charge < -0.3 is 18.8 Å². The minimum absolute atomic E-state index is 0.489. The largest absolute Gasteiger partial charge is 0.464 e. The third-order valence-corrected chi connectivity index (χ3v) is 8.81. The van der Waals surface area contributed by atoms with Crippen LogP contribution in [0, 0.1) is 41.5 Å². The molecule has 4 aromatic rings. The molecular formula is C30H32O4P2. The molecule has 4 nitrogen and oxygen atoms in total. The van der Waals surface area contributed by atoms with Crippen molar-refractivity contribution >= 4 is 27.4 Å². The molecule has 0 aliphatic rings. The fourth-order valence-electron chi connectivity index (χ4n) is 4.51. The van der Waals surface area contributed by atoms with Crippen LogP contribution in [-0.4, -0.2) is 9.79 Å². The van der Waals surface area contributed by atoms with Gasteiger partial charge in [-0.3, -0.25) is 0 Å². The maximum absolute atomic E-state index is 9.83. The zero-order chi connectivity index (χ0) is 26.0. The third-order valence-electron chi connectivity index (χ3n) is 6.56. The molecule has 0 heterocycles. The van der Waals surface area contributed by atoms with E-state index in [0.717, 1.165) is 60.9 Å². The van der Waals surface area contributed by atoms with E-state index in [1.807, 2.05) is 57.2 Å². The summed E-state index contributed by atoms with van der Waals surface area (Å²) < 4.78 is 12.7. The van der Waals surface area contributed by atoms with Gasteiger partial charge >= 0.3 is 8.60 Å². The molecule has 4 rings (SSSR count). The highest BCUT2D eigenvalue weighted by Crippen LogP contribution is 2.51. The fourth-order valence-corrected chi connectivity index (χ4v) is 6.70. The summed E-state index contributed by atoms with van der Waals surface area (Å²) in [6, 6.07) is 24.9. The van der Waals surface area contributed by atoms with Crippen LogP contribution in [0.25, 0.3) is 11.1 Å². The molecule has 0 saturated heterocycles. The summed E-state index contributed by atoms with van der Waals surface area (Å²) in [5.41, 5.74) is 7.88. The number of hydrogen-bond acceptors (Lipinski definition) is 4. The molecule has 0 aliphatic carbocycles. The van der Waals surface area contributed by atoms with Crippen LogP contribution in [0.2, 0.25) is 0 Å². The number of hydrogen-bond donors (Lipinski definition) is 2. The molecule has 0 fully saturated rings. The van der Waals surface area contributed by atoms with Gasteiger partial charge in [0.25, 0.3) is 0 Å². The van der Waals surface area contributed by atoms with Crippen molar-refractivity contribution in [1.29, 1.82) is 0 Å². The van der Waals surface area contributed by atoms with Crippen LogP contribution in [0.1, 0.15) is 33.4 Å². The Morgan fingerprint density at radius 2 is 0.917 bits per heavy atom. The van der Waals surface area contributed by atoms with Crippen LogP contribution in [0.15, 0.2) is 72.8 Å². The second-order valence-electron chi connectivity index (χ2n) is 9.08. The van der Waals surface area contributed by atoms with E-state index < -0.39 is 16.8 Å². The van der Waals surface area contributed by atoms with Gasteiger partial charge in [0, 0.05) is 21.7 Å². The molecule has 0 amide bonds. The van der Waals surface area contributed by atoms with Gasteiger partial charge in [0.2, 0.25) is 0 Å². The van der Waals surface area contributed by atoms with Crippen molar-refractivity contribution in [3.05, 3.63) is 106 Å². The van der Waals surface area contributed by atoms with Crippen molar-refractivity contribution in [2.24, 2.45) is 0 Å². The first-order valence-corrected chi connectivity index (χ1v) is 14.3. The van der Waals surface area contributed by atoms with Crippen molar-refractivity contribution in [1.82, 2.24) is 0 Å². The first-order valence-electron chi connectivity index (χ1n) is 11.8. The Balaban J connectivity index is 2.00. The first kappa shape index (κ1) is 26.3. The summed E-state index contributed by atoms with van der Waals surface area (Å²) in [6.45, 7) is 12.2. The standard InChI is InChI=1S/C30H32O4P2/c1-19-17-21(3)27(28-22(4)18-20(2)24(6)30(28)34-36(31)32)29(23(19)5)33-35(25-13-9-7-10-14-25)26-15-11-8-12-16-26/h7-18,31-32H,1-6H3. The van der Waals surface area contributed by atoms with Gasteiger partial charge in [-0.05, 0) is 74.9 Å². The third kappa shape index (κ3) is 5.33. The van der Waals surface area contributed by atoms with Crippen LogP contribution in [0.5, 0.6) is 11.5 Å². The van der Waals surface area contributed by atoms with Gasteiger partial charge in [-0.15, -0.1) is 0 Å². The van der Waals surface area contributed by atoms with Gasteiger partial charge in [-0.25, -0.2) is 0 Å². The van der Waals surface area contributed by atoms with Crippen molar-refractivity contribution in [2.75, 3.05) is 0 Å². The van der Waals surface area contributed by atoms with E-state index in [4.69, 9.17) is 9.05 Å². The van der Waals surface area contributed by atoms with Crippen LogP contribution in [0.3, 0.4) is 0 Å². The molecule has 4 aromatic carbocycles. The molecule has 6 heteroatoms. The molecule has 186 valence electrons. The second kappa shape index (κ2) is 11.1. The van der Waals surface area contributed by atoms with Gasteiger partial charge in [0.15, 0.2) is 8.15 Å². The predicted molar refractivity (Wildman–Crippen MR) is 152 cm³/mol. The van der Waals surface area contributed by atoms with E-state index in [1.165, 1.54) is 0 Å². The molecule has 0 spiro atoms. The van der Waals surface area contributed by atoms with E-state index in [2.05, 4.69) is 57.2 Å². The van der Waals surface area contributed by atoms with E-state index in [0.29, 0.717) is 5.75 Å². The molecular weight excluding hydrogens is 486 g/mol. The highest BCUT2D eigenvalue weighted by molar-refractivity contribution is 7.68. The molecule has 0 radical (unpaired) electrons. The summed E-state index contributed by atoms with van der Waals surface area (Å²) in [5.74, 6) is 1.28. The highest BCUT2D eigenvalue weighted by atomic mass is 31.2. The van der Waals surface area contributed by atoms with Crippen molar-refractivity contribution in [3.8, 4) is 22.6 Å². The molecule has 0 unspecified atom stereocenters.